The number of rotatable bonds is 9. The van der Waals surface area contributed by atoms with E-state index in [1.54, 1.807) is 0 Å². The lowest BCUT2D eigenvalue weighted by molar-refractivity contribution is -0.114. The number of amides is 1. The molecule has 4 aromatic rings. The molecular weight excluding hydrogens is 388 g/mol. The highest BCUT2D eigenvalue weighted by Crippen LogP contribution is 2.20. The molecule has 0 fully saturated rings. The van der Waals surface area contributed by atoms with Gasteiger partial charge in [-0.05, 0) is 47.2 Å². The van der Waals surface area contributed by atoms with Gasteiger partial charge in [0, 0.05) is 17.4 Å². The molecule has 4 rings (SSSR count). The highest BCUT2D eigenvalue weighted by molar-refractivity contribution is 5.96. The molecule has 2 N–H and O–H groups in total. The number of carbonyl (C=O) groups is 1. The Morgan fingerprint density at radius 3 is 2.19 bits per heavy atom. The normalized spacial score (nSPS) is 10.5. The van der Waals surface area contributed by atoms with Crippen molar-refractivity contribution in [1.82, 2.24) is 0 Å². The van der Waals surface area contributed by atoms with Gasteiger partial charge in [-0.2, -0.15) is 0 Å². The Morgan fingerprint density at radius 2 is 1.35 bits per heavy atom. The molecule has 0 saturated carbocycles. The van der Waals surface area contributed by atoms with Crippen molar-refractivity contribution in [2.75, 3.05) is 30.4 Å². The molecule has 0 aliphatic carbocycles. The van der Waals surface area contributed by atoms with Crippen LogP contribution in [0, 0.1) is 0 Å². The molecule has 4 aromatic carbocycles. The molecule has 0 saturated heterocycles. The number of para-hydroxylation sites is 1. The van der Waals surface area contributed by atoms with Gasteiger partial charge in [0.2, 0.25) is 5.91 Å². The Morgan fingerprint density at radius 1 is 0.645 bits per heavy atom. The number of benzene rings is 4. The summed E-state index contributed by atoms with van der Waals surface area (Å²) in [7, 11) is 0. The average Bonchev–Trinajstić information content (AvgIpc) is 2.81. The van der Waals surface area contributed by atoms with Gasteiger partial charge >= 0.3 is 0 Å². The molecule has 0 heterocycles. The Kier molecular flexibility index (Phi) is 6.65. The van der Waals surface area contributed by atoms with Gasteiger partial charge in [0.05, 0.1) is 6.54 Å². The van der Waals surface area contributed by atoms with Crippen LogP contribution in [-0.4, -0.2) is 25.7 Å². The molecule has 0 atom stereocenters. The average molecular weight is 412 g/mol. The summed E-state index contributed by atoms with van der Waals surface area (Å²) in [5.74, 6) is 1.42. The molecule has 0 aromatic heterocycles. The van der Waals surface area contributed by atoms with Crippen LogP contribution in [0.1, 0.15) is 0 Å². The minimum atomic E-state index is -0.113. The second kappa shape index (κ2) is 10.2. The van der Waals surface area contributed by atoms with Crippen molar-refractivity contribution >= 4 is 28.1 Å². The summed E-state index contributed by atoms with van der Waals surface area (Å²) in [5, 5.41) is 8.30. The molecule has 0 unspecified atom stereocenters. The van der Waals surface area contributed by atoms with E-state index in [2.05, 4.69) is 10.6 Å². The van der Waals surface area contributed by atoms with Crippen molar-refractivity contribution in [2.24, 2.45) is 0 Å². The molecule has 5 nitrogen and oxygen atoms in total. The van der Waals surface area contributed by atoms with Crippen LogP contribution in [-0.2, 0) is 4.79 Å². The fourth-order valence-electron chi connectivity index (χ4n) is 3.19. The first-order valence-corrected chi connectivity index (χ1v) is 10.2. The topological polar surface area (TPSA) is 59.6 Å². The van der Waals surface area contributed by atoms with Crippen molar-refractivity contribution in [1.29, 1.82) is 0 Å². The summed E-state index contributed by atoms with van der Waals surface area (Å²) in [6.45, 7) is 1.05. The Bertz CT molecular complexity index is 1150. The summed E-state index contributed by atoms with van der Waals surface area (Å²) < 4.78 is 11.4. The van der Waals surface area contributed by atoms with Crippen LogP contribution >= 0.6 is 0 Å². The molecular formula is C26H24N2O3. The zero-order chi connectivity index (χ0) is 21.3. The predicted molar refractivity (Wildman–Crippen MR) is 125 cm³/mol. The van der Waals surface area contributed by atoms with Crippen LogP contribution in [0.3, 0.4) is 0 Å². The number of ether oxygens (including phenoxy) is 2. The van der Waals surface area contributed by atoms with Crippen LogP contribution in [0.15, 0.2) is 97.1 Å². The maximum absolute atomic E-state index is 12.3. The molecule has 0 aliphatic heterocycles. The van der Waals surface area contributed by atoms with Crippen molar-refractivity contribution in [3.05, 3.63) is 97.1 Å². The van der Waals surface area contributed by atoms with Crippen molar-refractivity contribution in [3.63, 3.8) is 0 Å². The second-order valence-corrected chi connectivity index (χ2v) is 7.00. The first kappa shape index (κ1) is 20.3. The number of fused-ring (bicyclic) bond motifs is 1. The van der Waals surface area contributed by atoms with E-state index in [-0.39, 0.29) is 12.5 Å². The van der Waals surface area contributed by atoms with E-state index < -0.39 is 0 Å². The second-order valence-electron chi connectivity index (χ2n) is 7.00. The Labute approximate surface area is 181 Å². The fraction of sp³-hybridized carbons (Fsp3) is 0.115. The van der Waals surface area contributed by atoms with E-state index in [1.807, 2.05) is 97.1 Å². The molecule has 0 aliphatic rings. The SMILES string of the molecule is O=C(CNc1cccc(OCCOc2ccccc2)c1)Nc1ccc2ccccc2c1. The molecule has 1 amide bonds. The van der Waals surface area contributed by atoms with Gasteiger partial charge < -0.3 is 20.1 Å². The zero-order valence-corrected chi connectivity index (χ0v) is 17.1. The van der Waals surface area contributed by atoms with Gasteiger partial charge in [0.25, 0.3) is 0 Å². The number of nitrogens with one attached hydrogen (secondary N) is 2. The molecule has 0 radical (unpaired) electrons. The maximum Gasteiger partial charge on any atom is 0.243 e. The lowest BCUT2D eigenvalue weighted by Crippen LogP contribution is -2.21. The largest absolute Gasteiger partial charge is 0.490 e. The third kappa shape index (κ3) is 6.00. The van der Waals surface area contributed by atoms with Gasteiger partial charge in [0.15, 0.2) is 0 Å². The lowest BCUT2D eigenvalue weighted by atomic mass is 10.1. The van der Waals surface area contributed by atoms with E-state index in [0.29, 0.717) is 13.2 Å². The van der Waals surface area contributed by atoms with E-state index >= 15 is 0 Å². The van der Waals surface area contributed by atoms with Crippen molar-refractivity contribution in [2.45, 2.75) is 0 Å². The van der Waals surface area contributed by atoms with E-state index in [4.69, 9.17) is 9.47 Å². The smallest absolute Gasteiger partial charge is 0.243 e. The standard InChI is InChI=1S/C26H24N2O3/c29-26(28-23-14-13-20-7-4-5-8-21(20)17-23)19-27-22-9-6-12-25(18-22)31-16-15-30-24-10-2-1-3-11-24/h1-14,17-18,27H,15-16,19H2,(H,28,29). The quantitative estimate of drug-likeness (QED) is 0.364. The highest BCUT2D eigenvalue weighted by Gasteiger charge is 2.04. The van der Waals surface area contributed by atoms with E-state index in [9.17, 15) is 4.79 Å². The maximum atomic E-state index is 12.3. The predicted octanol–water partition coefficient (Wildman–Crippen LogP) is 5.35. The van der Waals surface area contributed by atoms with Gasteiger partial charge in [-0.3, -0.25) is 4.79 Å². The monoisotopic (exact) mass is 412 g/mol. The summed E-state index contributed by atoms with van der Waals surface area (Å²) >= 11 is 0. The molecule has 31 heavy (non-hydrogen) atoms. The molecule has 0 bridgehead atoms. The summed E-state index contributed by atoms with van der Waals surface area (Å²) in [5.41, 5.74) is 1.59. The van der Waals surface area contributed by atoms with Gasteiger partial charge in [-0.25, -0.2) is 0 Å². The third-order valence-corrected chi connectivity index (χ3v) is 4.68. The highest BCUT2D eigenvalue weighted by atomic mass is 16.5. The van der Waals surface area contributed by atoms with Gasteiger partial charge in [-0.15, -0.1) is 0 Å². The number of hydrogen-bond donors (Lipinski definition) is 2. The Hall–Kier alpha value is -3.99. The van der Waals surface area contributed by atoms with Gasteiger partial charge in [-0.1, -0.05) is 54.6 Å². The van der Waals surface area contributed by atoms with Crippen LogP contribution in [0.5, 0.6) is 11.5 Å². The van der Waals surface area contributed by atoms with E-state index in [0.717, 1.165) is 33.6 Å². The Balaban J connectivity index is 1.24. The van der Waals surface area contributed by atoms with E-state index in [1.165, 1.54) is 0 Å². The van der Waals surface area contributed by atoms with Crippen molar-refractivity contribution < 1.29 is 14.3 Å². The van der Waals surface area contributed by atoms with Crippen LogP contribution in [0.25, 0.3) is 10.8 Å². The summed E-state index contributed by atoms with van der Waals surface area (Å²) in [4.78, 5) is 12.3. The van der Waals surface area contributed by atoms with Crippen LogP contribution < -0.4 is 20.1 Å². The zero-order valence-electron chi connectivity index (χ0n) is 17.1. The first-order valence-electron chi connectivity index (χ1n) is 10.2. The lowest BCUT2D eigenvalue weighted by Gasteiger charge is -2.11. The third-order valence-electron chi connectivity index (χ3n) is 4.68. The minimum Gasteiger partial charge on any atom is -0.490 e. The minimum absolute atomic E-state index is 0.113. The van der Waals surface area contributed by atoms with Gasteiger partial charge in [0.1, 0.15) is 24.7 Å². The summed E-state index contributed by atoms with van der Waals surface area (Å²) in [6, 6.07) is 31.1. The molecule has 0 spiro atoms. The molecule has 156 valence electrons. The number of hydrogen-bond acceptors (Lipinski definition) is 4. The van der Waals surface area contributed by atoms with Crippen LogP contribution in [0.4, 0.5) is 11.4 Å². The number of carbonyl (C=O) groups excluding carboxylic acids is 1. The number of anilines is 2. The first-order chi connectivity index (χ1) is 15.3. The van der Waals surface area contributed by atoms with Crippen LogP contribution in [0.2, 0.25) is 0 Å². The summed E-state index contributed by atoms with van der Waals surface area (Å²) in [6.07, 6.45) is 0. The fourth-order valence-corrected chi connectivity index (χ4v) is 3.19. The van der Waals surface area contributed by atoms with Crippen molar-refractivity contribution in [3.8, 4) is 11.5 Å². The molecule has 5 heteroatoms.